The van der Waals surface area contributed by atoms with Crippen molar-refractivity contribution < 1.29 is 4.79 Å². The molecule has 0 aliphatic carbocycles. The number of carbonyl (C=O) groups excluding carboxylic acids is 1. The van der Waals surface area contributed by atoms with Gasteiger partial charge in [0.15, 0.2) is 0 Å². The summed E-state index contributed by atoms with van der Waals surface area (Å²) in [6.07, 6.45) is 3.98. The second-order valence-electron chi connectivity index (χ2n) is 10.2. The van der Waals surface area contributed by atoms with Gasteiger partial charge in [0.1, 0.15) is 0 Å². The first-order chi connectivity index (χ1) is 18.1. The fraction of sp³-hybridized carbons (Fsp3) is 0.355. The fourth-order valence-corrected chi connectivity index (χ4v) is 5.75. The first-order valence-electron chi connectivity index (χ1n) is 13.4. The van der Waals surface area contributed by atoms with Crippen LogP contribution in [-0.2, 0) is 6.54 Å². The maximum absolute atomic E-state index is 13.3. The molecule has 1 N–H and O–H groups in total. The van der Waals surface area contributed by atoms with Crippen LogP contribution in [0.1, 0.15) is 49.0 Å². The summed E-state index contributed by atoms with van der Waals surface area (Å²) in [7, 11) is 0. The predicted molar refractivity (Wildman–Crippen MR) is 155 cm³/mol. The van der Waals surface area contributed by atoms with Crippen LogP contribution < -0.4 is 5.32 Å². The van der Waals surface area contributed by atoms with Crippen LogP contribution >= 0.6 is 11.3 Å². The molecule has 5 nitrogen and oxygen atoms in total. The van der Waals surface area contributed by atoms with E-state index >= 15 is 0 Å². The molecule has 6 heteroatoms. The second kappa shape index (κ2) is 12.0. The largest absolute Gasteiger partial charge is 0.322 e. The molecule has 192 valence electrons. The van der Waals surface area contributed by atoms with Crippen molar-refractivity contribution in [2.24, 2.45) is 0 Å². The molecule has 1 aromatic heterocycles. The minimum absolute atomic E-state index is 0.0974. The summed E-state index contributed by atoms with van der Waals surface area (Å²) >= 11 is 1.60. The van der Waals surface area contributed by atoms with Crippen molar-refractivity contribution in [3.63, 3.8) is 0 Å². The van der Waals surface area contributed by atoms with Crippen LogP contribution in [0.2, 0.25) is 0 Å². The molecule has 1 aliphatic heterocycles. The first kappa shape index (κ1) is 25.6. The van der Waals surface area contributed by atoms with Gasteiger partial charge in [-0.05, 0) is 86.8 Å². The molecule has 0 atom stereocenters. The summed E-state index contributed by atoms with van der Waals surface area (Å²) in [6, 6.07) is 22.9. The van der Waals surface area contributed by atoms with Gasteiger partial charge in [0, 0.05) is 36.9 Å². The number of carbonyl (C=O) groups is 1. The Kier molecular flexibility index (Phi) is 8.29. The lowest BCUT2D eigenvalue weighted by Crippen LogP contribution is -2.40. The molecule has 0 bridgehead atoms. The molecule has 0 spiro atoms. The van der Waals surface area contributed by atoms with Gasteiger partial charge in [0.25, 0.3) is 5.91 Å². The van der Waals surface area contributed by atoms with Crippen LogP contribution in [-0.4, -0.2) is 52.9 Å². The number of thiazole rings is 1. The Balaban J connectivity index is 1.39. The Bertz CT molecular complexity index is 1330. The number of aromatic nitrogens is 1. The minimum Gasteiger partial charge on any atom is -0.322 e. The summed E-state index contributed by atoms with van der Waals surface area (Å²) in [5, 5.41) is 3.08. The highest BCUT2D eigenvalue weighted by Gasteiger charge is 2.18. The van der Waals surface area contributed by atoms with Crippen molar-refractivity contribution in [1.82, 2.24) is 14.8 Å². The maximum Gasteiger partial charge on any atom is 0.255 e. The quantitative estimate of drug-likeness (QED) is 0.265. The Hall–Kier alpha value is -3.06. The highest BCUT2D eigenvalue weighted by atomic mass is 32.1. The first-order valence-corrected chi connectivity index (χ1v) is 14.2. The van der Waals surface area contributed by atoms with Crippen LogP contribution in [0.3, 0.4) is 0 Å². The summed E-state index contributed by atoms with van der Waals surface area (Å²) < 4.78 is 1.12. The molecule has 4 aromatic rings. The summed E-state index contributed by atoms with van der Waals surface area (Å²) in [6.45, 7) is 9.88. The lowest BCUT2D eigenvalue weighted by Gasteiger charge is -2.32. The van der Waals surface area contributed by atoms with Crippen LogP contribution in [0.25, 0.3) is 21.3 Å². The highest BCUT2D eigenvalue weighted by molar-refractivity contribution is 7.16. The highest BCUT2D eigenvalue weighted by Crippen LogP contribution is 2.28. The number of anilines is 1. The number of amides is 1. The third-order valence-electron chi connectivity index (χ3n) is 7.30. The fourth-order valence-electron chi connectivity index (χ4n) is 5.10. The number of rotatable bonds is 9. The molecule has 0 unspecified atom stereocenters. The molecule has 1 fully saturated rings. The second-order valence-corrected chi connectivity index (χ2v) is 11.1. The molecule has 1 amide bonds. The van der Waals surface area contributed by atoms with E-state index in [1.807, 2.05) is 35.8 Å². The van der Waals surface area contributed by atoms with E-state index in [0.717, 1.165) is 35.5 Å². The number of piperidine rings is 1. The zero-order valence-corrected chi connectivity index (χ0v) is 22.6. The van der Waals surface area contributed by atoms with Crippen LogP contribution in [0, 0.1) is 0 Å². The van der Waals surface area contributed by atoms with Gasteiger partial charge in [-0.25, -0.2) is 4.98 Å². The van der Waals surface area contributed by atoms with Crippen LogP contribution in [0.4, 0.5) is 5.69 Å². The summed E-state index contributed by atoms with van der Waals surface area (Å²) in [5.74, 6) is -0.0974. The van der Waals surface area contributed by atoms with Crippen molar-refractivity contribution in [2.75, 3.05) is 31.5 Å². The molecular formula is C31H36N4OS. The monoisotopic (exact) mass is 512 g/mol. The van der Waals surface area contributed by atoms with E-state index in [-0.39, 0.29) is 5.91 Å². The Morgan fingerprint density at radius 1 is 1.03 bits per heavy atom. The number of fused-ring (bicyclic) bond motifs is 1. The van der Waals surface area contributed by atoms with Gasteiger partial charge in [-0.15, -0.1) is 11.3 Å². The van der Waals surface area contributed by atoms with Gasteiger partial charge >= 0.3 is 0 Å². The summed E-state index contributed by atoms with van der Waals surface area (Å²) in [5.41, 5.74) is 7.72. The molecule has 3 aromatic carbocycles. The maximum atomic E-state index is 13.3. The van der Waals surface area contributed by atoms with E-state index in [1.54, 1.807) is 11.3 Å². The lowest BCUT2D eigenvalue weighted by atomic mass is 9.96. The summed E-state index contributed by atoms with van der Waals surface area (Å²) in [4.78, 5) is 22.8. The third-order valence-corrected chi connectivity index (χ3v) is 8.11. The predicted octanol–water partition coefficient (Wildman–Crippen LogP) is 6.91. The van der Waals surface area contributed by atoms with Crippen molar-refractivity contribution in [3.05, 3.63) is 83.4 Å². The van der Waals surface area contributed by atoms with E-state index < -0.39 is 0 Å². The van der Waals surface area contributed by atoms with E-state index in [2.05, 4.69) is 70.3 Å². The van der Waals surface area contributed by atoms with Gasteiger partial charge in [0.2, 0.25) is 0 Å². The number of hydrogen-bond donors (Lipinski definition) is 1. The van der Waals surface area contributed by atoms with Crippen molar-refractivity contribution in [1.29, 1.82) is 0 Å². The number of benzene rings is 3. The smallest absolute Gasteiger partial charge is 0.255 e. The van der Waals surface area contributed by atoms with E-state index in [1.165, 1.54) is 49.0 Å². The van der Waals surface area contributed by atoms with E-state index in [9.17, 15) is 4.79 Å². The molecule has 37 heavy (non-hydrogen) atoms. The molecule has 0 saturated carbocycles. The Morgan fingerprint density at radius 2 is 1.84 bits per heavy atom. The zero-order valence-electron chi connectivity index (χ0n) is 21.8. The van der Waals surface area contributed by atoms with E-state index in [4.69, 9.17) is 0 Å². The van der Waals surface area contributed by atoms with Gasteiger partial charge in [-0.3, -0.25) is 9.69 Å². The number of nitrogens with one attached hydrogen (secondary N) is 1. The molecule has 5 rings (SSSR count). The van der Waals surface area contributed by atoms with Crippen LogP contribution in [0.15, 0.2) is 72.2 Å². The van der Waals surface area contributed by atoms with Crippen molar-refractivity contribution in [2.45, 2.75) is 45.7 Å². The zero-order chi connectivity index (χ0) is 25.6. The normalized spacial score (nSPS) is 14.5. The van der Waals surface area contributed by atoms with Gasteiger partial charge in [-0.1, -0.05) is 42.8 Å². The van der Waals surface area contributed by atoms with Gasteiger partial charge in [0.05, 0.1) is 15.7 Å². The SMILES string of the molecule is CC(C)N(CCN1CCCCC1)Cc1cc(C(=O)Nc2ccc3scnc3c2)ccc1-c1ccccc1. The minimum atomic E-state index is -0.0974. The molecule has 1 aliphatic rings. The molecule has 1 saturated heterocycles. The van der Waals surface area contributed by atoms with Crippen molar-refractivity contribution in [3.8, 4) is 11.1 Å². The number of likely N-dealkylation sites (tertiary alicyclic amines) is 1. The van der Waals surface area contributed by atoms with Crippen molar-refractivity contribution >= 4 is 33.1 Å². The average Bonchev–Trinajstić information content (AvgIpc) is 3.40. The molecule has 0 radical (unpaired) electrons. The molecule has 2 heterocycles. The lowest BCUT2D eigenvalue weighted by molar-refractivity contribution is 0.102. The number of nitrogens with zero attached hydrogens (tertiary/aromatic N) is 3. The topological polar surface area (TPSA) is 48.5 Å². The third kappa shape index (κ3) is 6.45. The Labute approximate surface area is 224 Å². The van der Waals surface area contributed by atoms with Gasteiger partial charge in [-0.2, -0.15) is 0 Å². The Morgan fingerprint density at radius 3 is 2.62 bits per heavy atom. The van der Waals surface area contributed by atoms with Gasteiger partial charge < -0.3 is 10.2 Å². The standard InChI is InChI=1S/C31H36N4OS/c1-23(2)35(18-17-34-15-7-4-8-16-34)21-26-19-25(11-13-28(26)24-9-5-3-6-10-24)31(36)33-27-12-14-30-29(20-27)32-22-37-30/h3,5-6,9-14,19-20,22-23H,4,7-8,15-18,21H2,1-2H3,(H,33,36). The van der Waals surface area contributed by atoms with E-state index in [0.29, 0.717) is 11.6 Å². The molecular weight excluding hydrogens is 476 g/mol. The number of hydrogen-bond acceptors (Lipinski definition) is 5. The van der Waals surface area contributed by atoms with Crippen LogP contribution in [0.5, 0.6) is 0 Å². The average molecular weight is 513 g/mol.